The number of anilines is 2. The number of benzene rings is 2. The smallest absolute Gasteiger partial charge is 0.346 e. The first-order valence-corrected chi connectivity index (χ1v) is 13.2. The number of carboxylic acids is 1. The molecule has 3 rings (SSSR count). The molecule has 0 fully saturated rings. The lowest BCUT2D eigenvalue weighted by molar-refractivity contribution is -0.147. The normalized spacial score (nSPS) is 16.9. The minimum Gasteiger partial charge on any atom is -0.484 e. The molecule has 1 aliphatic rings. The van der Waals surface area contributed by atoms with Crippen LogP contribution in [0.25, 0.3) is 11.1 Å². The molecule has 0 aromatic heterocycles. The topological polar surface area (TPSA) is 213 Å². The monoisotopic (exact) mass is 541 g/mol. The summed E-state index contributed by atoms with van der Waals surface area (Å²) in [4.78, 5) is 11.3. The third kappa shape index (κ3) is 7.51. The van der Waals surface area contributed by atoms with Gasteiger partial charge in [0.05, 0.1) is 11.5 Å². The lowest BCUT2D eigenvalue weighted by Gasteiger charge is -2.24. The second-order valence-corrected chi connectivity index (χ2v) is 10.6. The van der Waals surface area contributed by atoms with Crippen molar-refractivity contribution in [2.24, 2.45) is 5.14 Å². The molecule has 0 unspecified atom stereocenters. The van der Waals surface area contributed by atoms with Crippen molar-refractivity contribution in [3.8, 4) is 46.0 Å². The van der Waals surface area contributed by atoms with E-state index in [1.165, 1.54) is 0 Å². The number of rotatable bonds is 3. The highest BCUT2D eigenvalue weighted by Gasteiger charge is 2.41. The highest BCUT2D eigenvalue weighted by atomic mass is 32.2. The highest BCUT2D eigenvalue weighted by molar-refractivity contribution is 7.93. The molecule has 2 aromatic carbocycles. The van der Waals surface area contributed by atoms with Crippen molar-refractivity contribution in [2.75, 3.05) is 11.5 Å². The number of aliphatic carboxylic acids is 1. The number of nitrogens with two attached hydrogens (primary N) is 3. The maximum absolute atomic E-state index is 11.7. The predicted octanol–water partition coefficient (Wildman–Crippen LogP) is 0.484. The molecule has 0 amide bonds. The van der Waals surface area contributed by atoms with Gasteiger partial charge in [-0.05, 0) is 47.4 Å². The molecule has 2 atom stereocenters. The van der Waals surface area contributed by atoms with Crippen LogP contribution in [0, 0.1) is 34.9 Å². The van der Waals surface area contributed by atoms with Crippen molar-refractivity contribution in [3.63, 3.8) is 0 Å². The maximum atomic E-state index is 11.7. The van der Waals surface area contributed by atoms with Crippen LogP contribution < -0.4 is 16.6 Å². The van der Waals surface area contributed by atoms with E-state index in [1.807, 2.05) is 0 Å². The predicted molar refractivity (Wildman–Crippen MR) is 136 cm³/mol. The van der Waals surface area contributed by atoms with Gasteiger partial charge in [-0.15, -0.1) is 0 Å². The number of primary sulfonamides is 1. The molecule has 0 radical (unpaired) electrons. The van der Waals surface area contributed by atoms with Gasteiger partial charge in [-0.2, -0.15) is 16.8 Å². The second-order valence-electron chi connectivity index (χ2n) is 7.72. The summed E-state index contributed by atoms with van der Waals surface area (Å²) in [6.07, 6.45) is -1.11. The summed E-state index contributed by atoms with van der Waals surface area (Å²) in [5.41, 5.74) is 14.8. The zero-order valence-corrected chi connectivity index (χ0v) is 20.4. The second kappa shape index (κ2) is 10.7. The third-order valence-corrected chi connectivity index (χ3v) is 6.44. The fourth-order valence-electron chi connectivity index (χ4n) is 3.32. The molecule has 1 aliphatic heterocycles. The van der Waals surface area contributed by atoms with Gasteiger partial charge in [-0.25, -0.2) is 9.93 Å². The lowest BCUT2D eigenvalue weighted by atomic mass is 9.96. The standard InChI is InChI=1S/C24H19N3O8S2/c25-19-6-7-21(18-9-15(10-20(26)13-18)3-1-2-8-36(27,30)31)17(12-19)5-4-16-11-22(37(32,33)34)23(24(28)29)35-14-16/h6-7,9-10,12-14,22-23H,11,25-26H2,(H,28,29)(H2,27,30,31)(H,32,33,34)/t22-,23+/m1/s1. The van der Waals surface area contributed by atoms with E-state index < -0.39 is 37.5 Å². The Morgan fingerprint density at radius 1 is 0.973 bits per heavy atom. The fourth-order valence-corrected chi connectivity index (χ4v) is 4.39. The number of carboxylic acid groups (broad SMARTS) is 1. The van der Waals surface area contributed by atoms with Gasteiger partial charge in [-0.3, -0.25) is 4.55 Å². The molecule has 37 heavy (non-hydrogen) atoms. The fraction of sp³-hybridized carbons (Fsp3) is 0.125. The molecule has 8 N–H and O–H groups in total. The van der Waals surface area contributed by atoms with Gasteiger partial charge in [0, 0.05) is 40.4 Å². The summed E-state index contributed by atoms with van der Waals surface area (Å²) in [7, 11) is -8.72. The van der Waals surface area contributed by atoms with E-state index in [0.29, 0.717) is 33.6 Å². The molecular weight excluding hydrogens is 522 g/mol. The highest BCUT2D eigenvalue weighted by Crippen LogP contribution is 2.29. The van der Waals surface area contributed by atoms with E-state index in [9.17, 15) is 26.2 Å². The van der Waals surface area contributed by atoms with E-state index in [-0.39, 0.29) is 12.0 Å². The Bertz CT molecular complexity index is 1710. The number of hydrogen-bond acceptors (Lipinski definition) is 8. The minimum atomic E-state index is -4.73. The molecule has 0 bridgehead atoms. The summed E-state index contributed by atoms with van der Waals surface area (Å²) in [5.74, 6) is 11.2. The van der Waals surface area contributed by atoms with Crippen LogP contribution in [0.4, 0.5) is 11.4 Å². The van der Waals surface area contributed by atoms with Crippen molar-refractivity contribution in [2.45, 2.75) is 17.8 Å². The quantitative estimate of drug-likeness (QED) is 0.206. The number of ether oxygens (including phenoxy) is 1. The molecule has 0 saturated heterocycles. The number of carbonyl (C=O) groups is 1. The molecule has 11 nitrogen and oxygen atoms in total. The van der Waals surface area contributed by atoms with Crippen molar-refractivity contribution in [1.82, 2.24) is 0 Å². The van der Waals surface area contributed by atoms with Gasteiger partial charge < -0.3 is 21.3 Å². The number of sulfonamides is 1. The van der Waals surface area contributed by atoms with E-state index in [2.05, 4.69) is 29.6 Å². The molecule has 13 heteroatoms. The summed E-state index contributed by atoms with van der Waals surface area (Å²) >= 11 is 0. The number of hydrogen-bond donors (Lipinski definition) is 5. The van der Waals surface area contributed by atoms with Gasteiger partial charge in [0.2, 0.25) is 6.10 Å². The Labute approximate surface area is 213 Å². The molecule has 0 aliphatic carbocycles. The first kappa shape index (κ1) is 27.1. The molecular formula is C24H19N3O8S2. The summed E-state index contributed by atoms with van der Waals surface area (Å²) in [6.45, 7) is 0. The largest absolute Gasteiger partial charge is 0.484 e. The summed E-state index contributed by atoms with van der Waals surface area (Å²) < 4.78 is 59.6. The minimum absolute atomic E-state index is 0.140. The zero-order chi connectivity index (χ0) is 27.4. The van der Waals surface area contributed by atoms with Crippen molar-refractivity contribution in [1.29, 1.82) is 0 Å². The molecule has 2 aromatic rings. The number of allylic oxidation sites excluding steroid dienone is 1. The van der Waals surface area contributed by atoms with Gasteiger partial charge in [0.25, 0.3) is 20.1 Å². The Hall–Kier alpha value is -4.45. The van der Waals surface area contributed by atoms with Crippen molar-refractivity contribution >= 4 is 37.5 Å². The van der Waals surface area contributed by atoms with Gasteiger partial charge in [0.15, 0.2) is 0 Å². The zero-order valence-electron chi connectivity index (χ0n) is 18.8. The van der Waals surface area contributed by atoms with Crippen LogP contribution in [-0.2, 0) is 29.7 Å². The van der Waals surface area contributed by atoms with E-state index in [0.717, 1.165) is 6.26 Å². The molecule has 1 heterocycles. The first-order chi connectivity index (χ1) is 17.2. The van der Waals surface area contributed by atoms with Gasteiger partial charge in [0.1, 0.15) is 5.25 Å². The Morgan fingerprint density at radius 3 is 2.35 bits per heavy atom. The Morgan fingerprint density at radius 2 is 1.70 bits per heavy atom. The molecule has 0 spiro atoms. The van der Waals surface area contributed by atoms with Gasteiger partial charge in [-0.1, -0.05) is 23.8 Å². The molecule has 190 valence electrons. The van der Waals surface area contributed by atoms with Crippen LogP contribution in [0.5, 0.6) is 0 Å². The van der Waals surface area contributed by atoms with E-state index >= 15 is 0 Å². The average Bonchev–Trinajstić information content (AvgIpc) is 2.79. The first-order valence-electron chi connectivity index (χ1n) is 10.1. The van der Waals surface area contributed by atoms with Crippen LogP contribution in [-0.4, -0.2) is 43.8 Å². The van der Waals surface area contributed by atoms with Crippen molar-refractivity contribution < 1.29 is 36.0 Å². The molecule has 0 saturated carbocycles. The van der Waals surface area contributed by atoms with Crippen LogP contribution in [0.1, 0.15) is 17.5 Å². The average molecular weight is 542 g/mol. The summed E-state index contributed by atoms with van der Waals surface area (Å²) in [5, 5.41) is 14.0. The van der Waals surface area contributed by atoms with Crippen LogP contribution >= 0.6 is 0 Å². The van der Waals surface area contributed by atoms with Crippen LogP contribution in [0.2, 0.25) is 0 Å². The Balaban J connectivity index is 2.01. The SMILES string of the molecule is Nc1cc(C#CC#CS(N)(=O)=O)cc(-c2ccc(N)cc2C#CC2=CO[C@H](C(=O)O)[C@H](S(=O)(=O)O)C2)c1. The van der Waals surface area contributed by atoms with E-state index in [4.69, 9.17) is 26.4 Å². The maximum Gasteiger partial charge on any atom is 0.346 e. The Kier molecular flexibility index (Phi) is 7.82. The number of nitrogen functional groups attached to an aromatic ring is 2. The van der Waals surface area contributed by atoms with Crippen molar-refractivity contribution in [3.05, 3.63) is 59.4 Å². The summed E-state index contributed by atoms with van der Waals surface area (Å²) in [6, 6.07) is 9.73. The van der Waals surface area contributed by atoms with E-state index in [1.54, 1.807) is 41.7 Å². The van der Waals surface area contributed by atoms with Crippen LogP contribution in [0.3, 0.4) is 0 Å². The lowest BCUT2D eigenvalue weighted by Crippen LogP contribution is -2.42. The van der Waals surface area contributed by atoms with Crippen LogP contribution in [0.15, 0.2) is 48.2 Å². The third-order valence-electron chi connectivity index (χ3n) is 4.87. The van der Waals surface area contributed by atoms with Gasteiger partial charge >= 0.3 is 5.97 Å².